The topological polar surface area (TPSA) is 62.4 Å². The van der Waals surface area contributed by atoms with E-state index in [9.17, 15) is 5.11 Å². The molecule has 1 aromatic heterocycles. The highest BCUT2D eigenvalue weighted by Gasteiger charge is 2.31. The highest BCUT2D eigenvalue weighted by atomic mass is 16.3. The number of aliphatic hydroxyl groups excluding tert-OH is 1. The standard InChI is InChI=1S/C15H19N3O/c1-10-6-7-18(14(10)9-19)15-5-2-11-8-12(16)3-4-13(11)17-15/h2-5,8,10,14,19H,6-7,9,16H2,1H3. The van der Waals surface area contributed by atoms with Gasteiger partial charge in [-0.2, -0.15) is 0 Å². The molecule has 3 N–H and O–H groups in total. The lowest BCUT2D eigenvalue weighted by Crippen LogP contribution is -2.35. The summed E-state index contributed by atoms with van der Waals surface area (Å²) in [6.07, 6.45) is 1.10. The van der Waals surface area contributed by atoms with E-state index in [-0.39, 0.29) is 12.6 Å². The SMILES string of the molecule is CC1CCN(c2ccc3cc(N)ccc3n2)C1CO. The normalized spacial score (nSPS) is 23.2. The highest BCUT2D eigenvalue weighted by molar-refractivity contribution is 5.83. The Hall–Kier alpha value is -1.81. The smallest absolute Gasteiger partial charge is 0.129 e. The summed E-state index contributed by atoms with van der Waals surface area (Å²) in [6.45, 7) is 3.32. The number of nitrogens with two attached hydrogens (primary N) is 1. The second kappa shape index (κ2) is 4.70. The van der Waals surface area contributed by atoms with Crippen LogP contribution < -0.4 is 10.6 Å². The predicted molar refractivity (Wildman–Crippen MR) is 78.2 cm³/mol. The van der Waals surface area contributed by atoms with Gasteiger partial charge >= 0.3 is 0 Å². The second-order valence-corrected chi connectivity index (χ2v) is 5.33. The summed E-state index contributed by atoms with van der Waals surface area (Å²) in [4.78, 5) is 6.90. The van der Waals surface area contributed by atoms with Crippen molar-refractivity contribution < 1.29 is 5.11 Å². The van der Waals surface area contributed by atoms with Gasteiger partial charge in [0.25, 0.3) is 0 Å². The fraction of sp³-hybridized carbons (Fsp3) is 0.400. The van der Waals surface area contributed by atoms with Crippen molar-refractivity contribution in [2.75, 3.05) is 23.8 Å². The first-order valence-corrected chi connectivity index (χ1v) is 6.73. The number of hydrogen-bond acceptors (Lipinski definition) is 4. The monoisotopic (exact) mass is 257 g/mol. The van der Waals surface area contributed by atoms with Crippen LogP contribution in [0.4, 0.5) is 11.5 Å². The van der Waals surface area contributed by atoms with Crippen molar-refractivity contribution in [1.82, 2.24) is 4.98 Å². The van der Waals surface area contributed by atoms with E-state index in [1.54, 1.807) is 0 Å². The van der Waals surface area contributed by atoms with Crippen molar-refractivity contribution in [3.8, 4) is 0 Å². The molecular weight excluding hydrogens is 238 g/mol. The van der Waals surface area contributed by atoms with Gasteiger partial charge in [-0.25, -0.2) is 4.98 Å². The molecule has 4 heteroatoms. The molecule has 1 aromatic carbocycles. The van der Waals surface area contributed by atoms with E-state index in [0.29, 0.717) is 5.92 Å². The molecule has 2 aromatic rings. The minimum absolute atomic E-state index is 0.179. The molecule has 0 amide bonds. The van der Waals surface area contributed by atoms with Crippen LogP contribution in [0.3, 0.4) is 0 Å². The van der Waals surface area contributed by atoms with Crippen LogP contribution >= 0.6 is 0 Å². The van der Waals surface area contributed by atoms with Crippen LogP contribution in [0.1, 0.15) is 13.3 Å². The van der Waals surface area contributed by atoms with Crippen LogP contribution in [0.15, 0.2) is 30.3 Å². The van der Waals surface area contributed by atoms with E-state index in [1.165, 1.54) is 0 Å². The van der Waals surface area contributed by atoms with E-state index in [0.717, 1.165) is 35.4 Å². The van der Waals surface area contributed by atoms with Gasteiger partial charge in [-0.15, -0.1) is 0 Å². The van der Waals surface area contributed by atoms with Gasteiger partial charge in [-0.3, -0.25) is 0 Å². The fourth-order valence-corrected chi connectivity index (χ4v) is 2.86. The number of aliphatic hydroxyl groups is 1. The number of rotatable bonds is 2. The van der Waals surface area contributed by atoms with Gasteiger partial charge in [0, 0.05) is 17.6 Å². The molecule has 19 heavy (non-hydrogen) atoms. The van der Waals surface area contributed by atoms with Gasteiger partial charge in [-0.05, 0) is 42.7 Å². The van der Waals surface area contributed by atoms with Gasteiger partial charge in [-0.1, -0.05) is 6.92 Å². The van der Waals surface area contributed by atoms with E-state index in [4.69, 9.17) is 10.7 Å². The Morgan fingerprint density at radius 3 is 3.00 bits per heavy atom. The summed E-state index contributed by atoms with van der Waals surface area (Å²) < 4.78 is 0. The lowest BCUT2D eigenvalue weighted by atomic mass is 10.0. The third-order valence-corrected chi connectivity index (χ3v) is 4.06. The van der Waals surface area contributed by atoms with Crippen molar-refractivity contribution in [2.24, 2.45) is 5.92 Å². The van der Waals surface area contributed by atoms with Crippen LogP contribution in [0.25, 0.3) is 10.9 Å². The summed E-state index contributed by atoms with van der Waals surface area (Å²) in [6, 6.07) is 9.99. The van der Waals surface area contributed by atoms with Gasteiger partial charge in [0.2, 0.25) is 0 Å². The number of aromatic nitrogens is 1. The van der Waals surface area contributed by atoms with Gasteiger partial charge in [0.15, 0.2) is 0 Å². The molecule has 4 nitrogen and oxygen atoms in total. The Balaban J connectivity index is 1.99. The molecule has 1 fully saturated rings. The van der Waals surface area contributed by atoms with Crippen LogP contribution in [-0.2, 0) is 0 Å². The van der Waals surface area contributed by atoms with Crippen molar-refractivity contribution in [3.05, 3.63) is 30.3 Å². The third kappa shape index (κ3) is 2.12. The molecule has 1 saturated heterocycles. The zero-order chi connectivity index (χ0) is 13.4. The number of pyridine rings is 1. The Morgan fingerprint density at radius 1 is 1.37 bits per heavy atom. The number of nitrogen functional groups attached to an aromatic ring is 1. The van der Waals surface area contributed by atoms with Gasteiger partial charge in [0.05, 0.1) is 18.2 Å². The minimum Gasteiger partial charge on any atom is -0.399 e. The Morgan fingerprint density at radius 2 is 2.21 bits per heavy atom. The minimum atomic E-state index is 0.179. The average molecular weight is 257 g/mol. The molecule has 0 bridgehead atoms. The first-order chi connectivity index (χ1) is 9.19. The van der Waals surface area contributed by atoms with E-state index >= 15 is 0 Å². The lowest BCUT2D eigenvalue weighted by Gasteiger charge is -2.26. The number of benzene rings is 1. The van der Waals surface area contributed by atoms with Gasteiger partial charge < -0.3 is 15.7 Å². The Labute approximate surface area is 112 Å². The van der Waals surface area contributed by atoms with Crippen molar-refractivity contribution in [1.29, 1.82) is 0 Å². The third-order valence-electron chi connectivity index (χ3n) is 4.06. The number of anilines is 2. The van der Waals surface area contributed by atoms with Crippen LogP contribution in [0.2, 0.25) is 0 Å². The number of hydrogen-bond donors (Lipinski definition) is 2. The first kappa shape index (κ1) is 12.2. The van der Waals surface area contributed by atoms with Crippen LogP contribution in [0.5, 0.6) is 0 Å². The lowest BCUT2D eigenvalue weighted by molar-refractivity contribution is 0.244. The zero-order valence-corrected chi connectivity index (χ0v) is 11.1. The van der Waals surface area contributed by atoms with Crippen molar-refractivity contribution in [2.45, 2.75) is 19.4 Å². The molecule has 2 heterocycles. The molecule has 3 rings (SSSR count). The summed E-state index contributed by atoms with van der Waals surface area (Å²) in [7, 11) is 0. The summed E-state index contributed by atoms with van der Waals surface area (Å²) in [5, 5.41) is 10.6. The predicted octanol–water partition coefficient (Wildman–Crippen LogP) is 2.02. The Bertz CT molecular complexity index is 599. The van der Waals surface area contributed by atoms with E-state index in [1.807, 2.05) is 30.3 Å². The first-order valence-electron chi connectivity index (χ1n) is 6.73. The number of fused-ring (bicyclic) bond motifs is 1. The summed E-state index contributed by atoms with van der Waals surface area (Å²) in [5.41, 5.74) is 7.48. The number of nitrogens with zero attached hydrogens (tertiary/aromatic N) is 2. The molecule has 1 aliphatic rings. The molecule has 100 valence electrons. The summed E-state index contributed by atoms with van der Waals surface area (Å²) in [5.74, 6) is 1.45. The van der Waals surface area contributed by atoms with Crippen molar-refractivity contribution >= 4 is 22.4 Å². The molecule has 1 aliphatic heterocycles. The molecular formula is C15H19N3O. The van der Waals surface area contributed by atoms with Crippen LogP contribution in [0, 0.1) is 5.92 Å². The van der Waals surface area contributed by atoms with Crippen LogP contribution in [-0.4, -0.2) is 29.3 Å². The fourth-order valence-electron chi connectivity index (χ4n) is 2.86. The largest absolute Gasteiger partial charge is 0.399 e. The molecule has 0 saturated carbocycles. The molecule has 0 radical (unpaired) electrons. The molecule has 0 aliphatic carbocycles. The van der Waals surface area contributed by atoms with E-state index in [2.05, 4.69) is 11.8 Å². The Kier molecular flexibility index (Phi) is 3.03. The quantitative estimate of drug-likeness (QED) is 0.808. The molecule has 2 unspecified atom stereocenters. The molecule has 0 spiro atoms. The zero-order valence-electron chi connectivity index (χ0n) is 11.1. The maximum atomic E-state index is 9.53. The molecule has 2 atom stereocenters. The van der Waals surface area contributed by atoms with E-state index < -0.39 is 0 Å². The average Bonchev–Trinajstić information content (AvgIpc) is 2.79. The summed E-state index contributed by atoms with van der Waals surface area (Å²) >= 11 is 0. The maximum absolute atomic E-state index is 9.53. The maximum Gasteiger partial charge on any atom is 0.129 e. The second-order valence-electron chi connectivity index (χ2n) is 5.33. The van der Waals surface area contributed by atoms with Crippen molar-refractivity contribution in [3.63, 3.8) is 0 Å². The highest BCUT2D eigenvalue weighted by Crippen LogP contribution is 2.29. The van der Waals surface area contributed by atoms with Gasteiger partial charge in [0.1, 0.15) is 5.82 Å².